The second-order valence-corrected chi connectivity index (χ2v) is 9.28. The smallest absolute Gasteiger partial charge is 0.335 e. The van der Waals surface area contributed by atoms with Gasteiger partial charge in [0.1, 0.15) is 23.7 Å². The molecule has 4 amide bonds. The predicted octanol–water partition coefficient (Wildman–Crippen LogP) is 6.25. The first-order valence-electron chi connectivity index (χ1n) is 12.7. The Morgan fingerprint density at radius 2 is 1.43 bits per heavy atom. The summed E-state index contributed by atoms with van der Waals surface area (Å²) in [6.07, 6.45) is 1.50. The summed E-state index contributed by atoms with van der Waals surface area (Å²) in [5.74, 6) is -0.420. The lowest BCUT2D eigenvalue weighted by atomic mass is 9.99. The van der Waals surface area contributed by atoms with Gasteiger partial charge in [-0.25, -0.2) is 9.69 Å². The fourth-order valence-corrected chi connectivity index (χ4v) is 4.89. The van der Waals surface area contributed by atoms with Crippen LogP contribution in [-0.4, -0.2) is 25.0 Å². The van der Waals surface area contributed by atoms with Crippen molar-refractivity contribution in [2.24, 2.45) is 0 Å². The van der Waals surface area contributed by atoms with E-state index in [0.717, 1.165) is 32.0 Å². The summed E-state index contributed by atoms with van der Waals surface area (Å²) in [4.78, 5) is 40.2. The van der Waals surface area contributed by atoms with Gasteiger partial charge in [0.2, 0.25) is 0 Å². The number of rotatable bonds is 6. The number of anilines is 1. The molecule has 1 fully saturated rings. The highest BCUT2D eigenvalue weighted by Crippen LogP contribution is 2.33. The van der Waals surface area contributed by atoms with Crippen molar-refractivity contribution in [3.05, 3.63) is 120 Å². The minimum absolute atomic E-state index is 0.179. The Hall–Kier alpha value is -5.43. The van der Waals surface area contributed by atoms with Crippen molar-refractivity contribution in [2.75, 3.05) is 12.0 Å². The maximum absolute atomic E-state index is 13.6. The first-order chi connectivity index (χ1) is 19.5. The van der Waals surface area contributed by atoms with Gasteiger partial charge in [-0.15, -0.1) is 0 Å². The lowest BCUT2D eigenvalue weighted by Gasteiger charge is -2.26. The Bertz CT molecular complexity index is 1820. The van der Waals surface area contributed by atoms with E-state index >= 15 is 0 Å². The van der Waals surface area contributed by atoms with E-state index in [0.29, 0.717) is 22.7 Å². The Balaban J connectivity index is 1.41. The Morgan fingerprint density at radius 1 is 0.750 bits per heavy atom. The Morgan fingerprint density at radius 3 is 2.17 bits per heavy atom. The minimum atomic E-state index is -0.817. The standard InChI is InChI=1S/C33H24N2O5/c1-39-25-16-14-24(15-17-25)35-32(37)29(31(36)34-33(35)38)19-28-27-12-5-3-8-22(27)13-18-30(28)40-20-23-10-6-9-21-7-2-4-11-26(21)23/h2-19H,20H2,1H3,(H,34,36,38)/b29-19+. The van der Waals surface area contributed by atoms with E-state index in [9.17, 15) is 14.4 Å². The number of urea groups is 1. The lowest BCUT2D eigenvalue weighted by Crippen LogP contribution is -2.54. The first kappa shape index (κ1) is 24.9. The molecular weight excluding hydrogens is 504 g/mol. The van der Waals surface area contributed by atoms with Crippen LogP contribution in [0.25, 0.3) is 27.6 Å². The molecule has 5 aromatic rings. The molecule has 40 heavy (non-hydrogen) atoms. The summed E-state index contributed by atoms with van der Waals surface area (Å²) in [7, 11) is 1.53. The van der Waals surface area contributed by atoms with Crippen LogP contribution >= 0.6 is 0 Å². The minimum Gasteiger partial charge on any atom is -0.497 e. The van der Waals surface area contributed by atoms with Gasteiger partial charge in [0.05, 0.1) is 12.8 Å². The van der Waals surface area contributed by atoms with Crippen LogP contribution in [0.2, 0.25) is 0 Å². The van der Waals surface area contributed by atoms with E-state index in [1.807, 2.05) is 78.9 Å². The van der Waals surface area contributed by atoms with Gasteiger partial charge in [-0.2, -0.15) is 0 Å². The molecule has 5 aromatic carbocycles. The molecule has 0 aromatic heterocycles. The van der Waals surface area contributed by atoms with Crippen molar-refractivity contribution in [3.63, 3.8) is 0 Å². The molecule has 196 valence electrons. The summed E-state index contributed by atoms with van der Waals surface area (Å²) >= 11 is 0. The van der Waals surface area contributed by atoms with Gasteiger partial charge in [0.25, 0.3) is 11.8 Å². The highest BCUT2D eigenvalue weighted by molar-refractivity contribution is 6.39. The second-order valence-electron chi connectivity index (χ2n) is 9.28. The summed E-state index contributed by atoms with van der Waals surface area (Å²) in [5.41, 5.74) is 1.71. The number of nitrogens with zero attached hydrogens (tertiary/aromatic N) is 1. The van der Waals surface area contributed by atoms with Crippen LogP contribution in [0.5, 0.6) is 11.5 Å². The third-order valence-corrected chi connectivity index (χ3v) is 6.91. The van der Waals surface area contributed by atoms with Crippen LogP contribution < -0.4 is 19.7 Å². The molecule has 7 heteroatoms. The van der Waals surface area contributed by atoms with E-state index in [1.54, 1.807) is 24.3 Å². The zero-order valence-corrected chi connectivity index (χ0v) is 21.6. The number of amides is 4. The maximum atomic E-state index is 13.6. The molecule has 1 N–H and O–H groups in total. The van der Waals surface area contributed by atoms with Gasteiger partial charge in [0.15, 0.2) is 0 Å². The van der Waals surface area contributed by atoms with Crippen LogP contribution in [0.4, 0.5) is 10.5 Å². The van der Waals surface area contributed by atoms with E-state index in [2.05, 4.69) is 5.32 Å². The summed E-state index contributed by atoms with van der Waals surface area (Å²) in [6, 6.07) is 31.2. The fraction of sp³-hybridized carbons (Fsp3) is 0.0606. The van der Waals surface area contributed by atoms with Crippen molar-refractivity contribution >= 4 is 51.2 Å². The zero-order valence-electron chi connectivity index (χ0n) is 21.6. The lowest BCUT2D eigenvalue weighted by molar-refractivity contribution is -0.122. The molecule has 0 radical (unpaired) electrons. The van der Waals surface area contributed by atoms with Gasteiger partial charge >= 0.3 is 6.03 Å². The highest BCUT2D eigenvalue weighted by Gasteiger charge is 2.37. The normalized spacial score (nSPS) is 14.6. The molecule has 1 heterocycles. The number of carbonyl (C=O) groups excluding carboxylic acids is 3. The fourth-order valence-electron chi connectivity index (χ4n) is 4.89. The van der Waals surface area contributed by atoms with Gasteiger partial charge < -0.3 is 9.47 Å². The van der Waals surface area contributed by atoms with E-state index in [1.165, 1.54) is 13.2 Å². The van der Waals surface area contributed by atoms with Crippen LogP contribution in [0, 0.1) is 0 Å². The average Bonchev–Trinajstić information content (AvgIpc) is 2.98. The third kappa shape index (κ3) is 4.54. The van der Waals surface area contributed by atoms with E-state index < -0.39 is 17.8 Å². The number of hydrogen-bond donors (Lipinski definition) is 1. The number of barbiturate groups is 1. The molecule has 0 saturated carbocycles. The summed E-state index contributed by atoms with van der Waals surface area (Å²) in [6.45, 7) is 0.284. The molecule has 0 bridgehead atoms. The number of benzene rings is 5. The van der Waals surface area contributed by atoms with Crippen molar-refractivity contribution in [2.45, 2.75) is 6.61 Å². The highest BCUT2D eigenvalue weighted by atomic mass is 16.5. The number of carbonyl (C=O) groups is 3. The van der Waals surface area contributed by atoms with Crippen molar-refractivity contribution < 1.29 is 23.9 Å². The number of ether oxygens (including phenoxy) is 2. The summed E-state index contributed by atoms with van der Waals surface area (Å²) < 4.78 is 11.5. The molecular formula is C33H24N2O5. The second kappa shape index (κ2) is 10.4. The number of imide groups is 2. The number of fused-ring (bicyclic) bond motifs is 2. The van der Waals surface area contributed by atoms with E-state index in [-0.39, 0.29) is 12.2 Å². The van der Waals surface area contributed by atoms with Crippen LogP contribution in [0.15, 0.2) is 109 Å². The average molecular weight is 529 g/mol. The number of hydrogen-bond acceptors (Lipinski definition) is 5. The first-order valence-corrected chi connectivity index (χ1v) is 12.7. The zero-order chi connectivity index (χ0) is 27.6. The van der Waals surface area contributed by atoms with Crippen molar-refractivity contribution in [1.29, 1.82) is 0 Å². The predicted molar refractivity (Wildman–Crippen MR) is 154 cm³/mol. The molecule has 0 aliphatic carbocycles. The largest absolute Gasteiger partial charge is 0.497 e. The van der Waals surface area contributed by atoms with Crippen LogP contribution in [0.1, 0.15) is 11.1 Å². The van der Waals surface area contributed by atoms with Gasteiger partial charge in [-0.05, 0) is 63.5 Å². The third-order valence-electron chi connectivity index (χ3n) is 6.91. The Kier molecular flexibility index (Phi) is 6.46. The molecule has 6 rings (SSSR count). The van der Waals surface area contributed by atoms with Gasteiger partial charge in [0, 0.05) is 5.56 Å². The molecule has 0 spiro atoms. The molecule has 0 unspecified atom stereocenters. The SMILES string of the molecule is COc1ccc(N2C(=O)NC(=O)/C(=C\c3c(OCc4cccc5ccccc45)ccc4ccccc34)C2=O)cc1. The van der Waals surface area contributed by atoms with E-state index in [4.69, 9.17) is 9.47 Å². The van der Waals surface area contributed by atoms with Crippen LogP contribution in [-0.2, 0) is 16.2 Å². The number of methoxy groups -OCH3 is 1. The monoisotopic (exact) mass is 528 g/mol. The number of nitrogens with one attached hydrogen (secondary N) is 1. The van der Waals surface area contributed by atoms with Gasteiger partial charge in [-0.3, -0.25) is 14.9 Å². The summed E-state index contributed by atoms with van der Waals surface area (Å²) in [5, 5.41) is 6.20. The quantitative estimate of drug-likeness (QED) is 0.208. The Labute approximate surface area is 230 Å². The molecule has 1 aliphatic heterocycles. The topological polar surface area (TPSA) is 84.9 Å². The molecule has 0 atom stereocenters. The molecule has 7 nitrogen and oxygen atoms in total. The molecule has 1 saturated heterocycles. The van der Waals surface area contributed by atoms with Crippen molar-refractivity contribution in [1.82, 2.24) is 5.32 Å². The molecule has 1 aliphatic rings. The van der Waals surface area contributed by atoms with Crippen molar-refractivity contribution in [3.8, 4) is 11.5 Å². The maximum Gasteiger partial charge on any atom is 0.335 e. The van der Waals surface area contributed by atoms with Gasteiger partial charge in [-0.1, -0.05) is 72.8 Å². The van der Waals surface area contributed by atoms with Crippen LogP contribution in [0.3, 0.4) is 0 Å².